The number of halogens is 2. The van der Waals surface area contributed by atoms with Crippen LogP contribution in [0.2, 0.25) is 10.0 Å². The Labute approximate surface area is 142 Å². The molecule has 0 amide bonds. The van der Waals surface area contributed by atoms with E-state index in [1.54, 1.807) is 12.1 Å². The zero-order valence-corrected chi connectivity index (χ0v) is 14.3. The molecule has 0 aliphatic heterocycles. The first-order chi connectivity index (χ1) is 10.6. The second kappa shape index (κ2) is 7.98. The summed E-state index contributed by atoms with van der Waals surface area (Å²) in [5, 5.41) is 12.3. The van der Waals surface area contributed by atoms with Crippen molar-refractivity contribution in [3.05, 3.63) is 69.7 Å². The lowest BCUT2D eigenvalue weighted by Gasteiger charge is -2.34. The van der Waals surface area contributed by atoms with Crippen LogP contribution >= 0.6 is 23.2 Å². The van der Waals surface area contributed by atoms with Crippen molar-refractivity contribution in [1.29, 1.82) is 0 Å². The van der Waals surface area contributed by atoms with Gasteiger partial charge < -0.3 is 5.11 Å². The van der Waals surface area contributed by atoms with E-state index < -0.39 is 6.10 Å². The van der Waals surface area contributed by atoms with Crippen molar-refractivity contribution in [2.24, 2.45) is 0 Å². The number of likely N-dealkylation sites (N-methyl/N-ethyl adjacent to an activating group) is 1. The normalized spacial score (nSPS) is 14.1. The number of benzene rings is 2. The molecule has 4 heteroatoms. The molecule has 1 N–H and O–H groups in total. The minimum atomic E-state index is -0.627. The summed E-state index contributed by atoms with van der Waals surface area (Å²) in [7, 11) is 0. The molecule has 0 aliphatic carbocycles. The van der Waals surface area contributed by atoms with Gasteiger partial charge in [0.05, 0.1) is 12.1 Å². The summed E-state index contributed by atoms with van der Waals surface area (Å²) in [6, 6.07) is 14.9. The molecule has 2 aromatic rings. The highest BCUT2D eigenvalue weighted by atomic mass is 35.5. The SMILES string of the molecule is CCN(CC)C(c1ccc(Cl)cc1)C(O)c1ccc(Cl)cc1. The summed E-state index contributed by atoms with van der Waals surface area (Å²) in [5.41, 5.74) is 1.91. The van der Waals surface area contributed by atoms with Gasteiger partial charge in [-0.1, -0.05) is 61.3 Å². The number of aliphatic hydroxyl groups excluding tert-OH is 1. The molecule has 0 fully saturated rings. The minimum Gasteiger partial charge on any atom is -0.386 e. The van der Waals surface area contributed by atoms with Crippen LogP contribution in [-0.2, 0) is 0 Å². The number of aliphatic hydroxyl groups is 1. The Morgan fingerprint density at radius 2 is 1.23 bits per heavy atom. The lowest BCUT2D eigenvalue weighted by Crippen LogP contribution is -2.32. The molecule has 2 nitrogen and oxygen atoms in total. The van der Waals surface area contributed by atoms with Gasteiger partial charge >= 0.3 is 0 Å². The topological polar surface area (TPSA) is 23.5 Å². The maximum absolute atomic E-state index is 10.9. The molecule has 0 heterocycles. The minimum absolute atomic E-state index is 0.117. The highest BCUT2D eigenvalue weighted by Gasteiger charge is 2.27. The maximum Gasteiger partial charge on any atom is 0.0986 e. The van der Waals surface area contributed by atoms with Gasteiger partial charge in [-0.25, -0.2) is 0 Å². The van der Waals surface area contributed by atoms with Crippen LogP contribution in [0.25, 0.3) is 0 Å². The van der Waals surface area contributed by atoms with Crippen LogP contribution in [0.15, 0.2) is 48.5 Å². The molecule has 2 atom stereocenters. The standard InChI is InChI=1S/C18H21Cl2NO/c1-3-21(4-2)17(13-5-9-15(19)10-6-13)18(22)14-7-11-16(20)12-8-14/h5-12,17-18,22H,3-4H2,1-2H3. The zero-order chi connectivity index (χ0) is 16.1. The molecule has 0 spiro atoms. The molecule has 0 aromatic heterocycles. The molecular weight excluding hydrogens is 317 g/mol. The summed E-state index contributed by atoms with van der Waals surface area (Å²) < 4.78 is 0. The van der Waals surface area contributed by atoms with E-state index in [0.29, 0.717) is 10.0 Å². The van der Waals surface area contributed by atoms with E-state index in [1.165, 1.54) is 0 Å². The molecule has 0 saturated carbocycles. The third kappa shape index (κ3) is 4.02. The summed E-state index contributed by atoms with van der Waals surface area (Å²) in [6.07, 6.45) is -0.627. The average Bonchev–Trinajstić information content (AvgIpc) is 2.54. The molecule has 0 bridgehead atoms. The first-order valence-corrected chi connectivity index (χ1v) is 8.25. The molecule has 0 saturated heterocycles. The van der Waals surface area contributed by atoms with Crippen LogP contribution < -0.4 is 0 Å². The molecule has 2 unspecified atom stereocenters. The fourth-order valence-corrected chi connectivity index (χ4v) is 2.96. The lowest BCUT2D eigenvalue weighted by atomic mass is 9.94. The number of hydrogen-bond acceptors (Lipinski definition) is 2. The Bertz CT molecular complexity index is 579. The van der Waals surface area contributed by atoms with Gasteiger partial charge in [0, 0.05) is 10.0 Å². The van der Waals surface area contributed by atoms with E-state index in [2.05, 4.69) is 18.7 Å². The Balaban J connectivity index is 2.38. The molecule has 22 heavy (non-hydrogen) atoms. The van der Waals surface area contributed by atoms with Crippen molar-refractivity contribution >= 4 is 23.2 Å². The molecule has 2 rings (SSSR count). The van der Waals surface area contributed by atoms with E-state index in [9.17, 15) is 5.11 Å². The van der Waals surface area contributed by atoms with Gasteiger partial charge in [-0.05, 0) is 48.5 Å². The van der Waals surface area contributed by atoms with Crippen molar-refractivity contribution in [1.82, 2.24) is 4.90 Å². The summed E-state index contributed by atoms with van der Waals surface area (Å²) in [5.74, 6) is 0. The van der Waals surface area contributed by atoms with Gasteiger partial charge in [0.1, 0.15) is 0 Å². The van der Waals surface area contributed by atoms with Crippen LogP contribution in [0.1, 0.15) is 37.1 Å². The molecular formula is C18H21Cl2NO. The molecule has 118 valence electrons. The Hall–Kier alpha value is -1.06. The Morgan fingerprint density at radius 1 is 0.818 bits per heavy atom. The molecule has 2 aromatic carbocycles. The molecule has 0 aliphatic rings. The van der Waals surface area contributed by atoms with E-state index in [0.717, 1.165) is 24.2 Å². The first kappa shape index (κ1) is 17.3. The van der Waals surface area contributed by atoms with Crippen LogP contribution in [0, 0.1) is 0 Å². The van der Waals surface area contributed by atoms with Crippen molar-refractivity contribution < 1.29 is 5.11 Å². The van der Waals surface area contributed by atoms with E-state index in [-0.39, 0.29) is 6.04 Å². The van der Waals surface area contributed by atoms with Gasteiger partial charge in [-0.15, -0.1) is 0 Å². The van der Waals surface area contributed by atoms with E-state index in [1.807, 2.05) is 36.4 Å². The summed E-state index contributed by atoms with van der Waals surface area (Å²) in [4.78, 5) is 2.24. The van der Waals surface area contributed by atoms with E-state index in [4.69, 9.17) is 23.2 Å². The van der Waals surface area contributed by atoms with Gasteiger partial charge in [0.2, 0.25) is 0 Å². The van der Waals surface area contributed by atoms with Gasteiger partial charge in [-0.2, -0.15) is 0 Å². The monoisotopic (exact) mass is 337 g/mol. The number of hydrogen-bond donors (Lipinski definition) is 1. The van der Waals surface area contributed by atoms with Crippen LogP contribution in [0.3, 0.4) is 0 Å². The van der Waals surface area contributed by atoms with Crippen molar-refractivity contribution in [3.63, 3.8) is 0 Å². The quantitative estimate of drug-likeness (QED) is 0.791. The van der Waals surface area contributed by atoms with Crippen molar-refractivity contribution in [3.8, 4) is 0 Å². The third-order valence-corrected chi connectivity index (χ3v) is 4.43. The highest BCUT2D eigenvalue weighted by molar-refractivity contribution is 6.30. The average molecular weight is 338 g/mol. The maximum atomic E-state index is 10.9. The second-order valence-electron chi connectivity index (χ2n) is 5.21. The predicted octanol–water partition coefficient (Wildman–Crippen LogP) is 5.11. The zero-order valence-electron chi connectivity index (χ0n) is 12.8. The largest absolute Gasteiger partial charge is 0.386 e. The fraction of sp³-hybridized carbons (Fsp3) is 0.333. The van der Waals surface area contributed by atoms with Crippen molar-refractivity contribution in [2.45, 2.75) is 26.0 Å². The van der Waals surface area contributed by atoms with Gasteiger partial charge in [-0.3, -0.25) is 4.90 Å². The second-order valence-corrected chi connectivity index (χ2v) is 6.09. The van der Waals surface area contributed by atoms with Crippen molar-refractivity contribution in [2.75, 3.05) is 13.1 Å². The van der Waals surface area contributed by atoms with Gasteiger partial charge in [0.25, 0.3) is 0 Å². The summed E-state index contributed by atoms with van der Waals surface area (Å²) >= 11 is 11.9. The van der Waals surface area contributed by atoms with Gasteiger partial charge in [0.15, 0.2) is 0 Å². The number of rotatable bonds is 6. The van der Waals surface area contributed by atoms with E-state index >= 15 is 0 Å². The predicted molar refractivity (Wildman–Crippen MR) is 93.5 cm³/mol. The number of nitrogens with zero attached hydrogens (tertiary/aromatic N) is 1. The lowest BCUT2D eigenvalue weighted by molar-refractivity contribution is 0.0528. The smallest absolute Gasteiger partial charge is 0.0986 e. The van der Waals surface area contributed by atoms with Crippen LogP contribution in [-0.4, -0.2) is 23.1 Å². The highest BCUT2D eigenvalue weighted by Crippen LogP contribution is 2.34. The third-order valence-electron chi connectivity index (χ3n) is 3.93. The van der Waals surface area contributed by atoms with Crippen LogP contribution in [0.5, 0.6) is 0 Å². The Kier molecular flexibility index (Phi) is 6.27. The Morgan fingerprint density at radius 3 is 1.64 bits per heavy atom. The first-order valence-electron chi connectivity index (χ1n) is 7.49. The summed E-state index contributed by atoms with van der Waals surface area (Å²) in [6.45, 7) is 5.91. The van der Waals surface area contributed by atoms with Crippen LogP contribution in [0.4, 0.5) is 0 Å². The molecule has 0 radical (unpaired) electrons. The fourth-order valence-electron chi connectivity index (χ4n) is 2.71.